The lowest BCUT2D eigenvalue weighted by atomic mass is 9.86. The number of carboxylic acids is 1. The molecule has 3 rings (SSSR count). The summed E-state index contributed by atoms with van der Waals surface area (Å²) in [5.41, 5.74) is 2.30. The van der Waals surface area contributed by atoms with Crippen LogP contribution in [0.15, 0.2) is 53.0 Å². The third kappa shape index (κ3) is 4.22. The second-order valence-corrected chi connectivity index (χ2v) is 7.65. The Bertz CT molecular complexity index is 741. The normalized spacial score (nSPS) is 17.2. The Morgan fingerprint density at radius 3 is 2.48 bits per heavy atom. The third-order valence-electron chi connectivity index (χ3n) is 4.93. The van der Waals surface area contributed by atoms with Crippen LogP contribution in [0.5, 0.6) is 0 Å². The number of anilines is 1. The van der Waals surface area contributed by atoms with Crippen molar-refractivity contribution >= 4 is 27.6 Å². The van der Waals surface area contributed by atoms with Crippen molar-refractivity contribution in [1.82, 2.24) is 4.90 Å². The van der Waals surface area contributed by atoms with Crippen molar-refractivity contribution in [3.05, 3.63) is 64.1 Å². The highest BCUT2D eigenvalue weighted by atomic mass is 79.9. The summed E-state index contributed by atoms with van der Waals surface area (Å²) in [4.78, 5) is 14.4. The molecule has 2 aromatic rings. The summed E-state index contributed by atoms with van der Waals surface area (Å²) in [5.74, 6) is -0.769. The van der Waals surface area contributed by atoms with Crippen molar-refractivity contribution < 1.29 is 9.90 Å². The van der Waals surface area contributed by atoms with Crippen molar-refractivity contribution in [2.24, 2.45) is 0 Å². The first-order valence-corrected chi connectivity index (χ1v) is 9.32. The Morgan fingerprint density at radius 2 is 1.88 bits per heavy atom. The fraction of sp³-hybridized carbons (Fsp3) is 0.350. The highest BCUT2D eigenvalue weighted by Crippen LogP contribution is 2.30. The van der Waals surface area contributed by atoms with E-state index in [1.165, 1.54) is 5.56 Å². The van der Waals surface area contributed by atoms with Crippen LogP contribution in [0.1, 0.15) is 24.0 Å². The van der Waals surface area contributed by atoms with Crippen molar-refractivity contribution in [3.63, 3.8) is 0 Å². The van der Waals surface area contributed by atoms with Gasteiger partial charge in [0.05, 0.1) is 0 Å². The minimum absolute atomic E-state index is 0.588. The van der Waals surface area contributed by atoms with Gasteiger partial charge >= 0.3 is 5.97 Å². The van der Waals surface area contributed by atoms with E-state index in [9.17, 15) is 9.90 Å². The van der Waals surface area contributed by atoms with E-state index in [0.29, 0.717) is 12.8 Å². The summed E-state index contributed by atoms with van der Waals surface area (Å²) in [5, 5.41) is 13.2. The zero-order valence-corrected chi connectivity index (χ0v) is 15.9. The molecule has 2 N–H and O–H groups in total. The monoisotopic (exact) mass is 402 g/mol. The lowest BCUT2D eigenvalue weighted by Crippen LogP contribution is -2.54. The number of hydrogen-bond acceptors (Lipinski definition) is 3. The van der Waals surface area contributed by atoms with E-state index in [1.807, 2.05) is 43.3 Å². The number of benzene rings is 2. The van der Waals surface area contributed by atoms with Crippen LogP contribution in [0.2, 0.25) is 0 Å². The number of nitrogens with one attached hydrogen (secondary N) is 1. The standard InChI is InChI=1S/C20H23BrN2O2/c1-15-13-17(21)7-8-18(15)22-20(19(24)25)9-11-23(12-10-20)14-16-5-3-2-4-6-16/h2-8,13,22H,9-12,14H2,1H3,(H,24,25). The van der Waals surface area contributed by atoms with Gasteiger partial charge < -0.3 is 10.4 Å². The van der Waals surface area contributed by atoms with Gasteiger partial charge in [-0.05, 0) is 49.1 Å². The quantitative estimate of drug-likeness (QED) is 0.782. The largest absolute Gasteiger partial charge is 0.480 e. The molecule has 0 spiro atoms. The minimum Gasteiger partial charge on any atom is -0.480 e. The number of carbonyl (C=O) groups is 1. The van der Waals surface area contributed by atoms with E-state index in [4.69, 9.17) is 0 Å². The van der Waals surface area contributed by atoms with Crippen LogP contribution in [0.4, 0.5) is 5.69 Å². The van der Waals surface area contributed by atoms with Crippen LogP contribution in [0.3, 0.4) is 0 Å². The van der Waals surface area contributed by atoms with Gasteiger partial charge in [-0.25, -0.2) is 4.79 Å². The van der Waals surface area contributed by atoms with E-state index in [-0.39, 0.29) is 0 Å². The number of likely N-dealkylation sites (tertiary alicyclic amines) is 1. The fourth-order valence-corrected chi connectivity index (χ4v) is 3.83. The molecule has 132 valence electrons. The molecule has 0 aliphatic carbocycles. The smallest absolute Gasteiger partial charge is 0.329 e. The van der Waals surface area contributed by atoms with Gasteiger partial charge in [0.25, 0.3) is 0 Å². The molecule has 4 nitrogen and oxygen atoms in total. The van der Waals surface area contributed by atoms with Gasteiger partial charge in [-0.15, -0.1) is 0 Å². The molecule has 0 radical (unpaired) electrons. The van der Waals surface area contributed by atoms with Crippen LogP contribution in [0, 0.1) is 6.92 Å². The van der Waals surface area contributed by atoms with Crippen molar-refractivity contribution in [2.45, 2.75) is 31.8 Å². The number of aliphatic carboxylic acids is 1. The molecule has 0 amide bonds. The fourth-order valence-electron chi connectivity index (χ4n) is 3.35. The first-order valence-electron chi connectivity index (χ1n) is 8.52. The Kier molecular flexibility index (Phi) is 5.45. The van der Waals surface area contributed by atoms with E-state index in [1.54, 1.807) is 0 Å². The van der Waals surface area contributed by atoms with Gasteiger partial charge in [0.15, 0.2) is 0 Å². The van der Waals surface area contributed by atoms with Gasteiger partial charge in [-0.2, -0.15) is 0 Å². The Labute approximate surface area is 157 Å². The molecule has 5 heteroatoms. The maximum absolute atomic E-state index is 12.0. The first kappa shape index (κ1) is 18.0. The van der Waals surface area contributed by atoms with Gasteiger partial charge in [0.2, 0.25) is 0 Å². The molecule has 25 heavy (non-hydrogen) atoms. The molecule has 1 heterocycles. The number of nitrogens with zero attached hydrogens (tertiary/aromatic N) is 1. The molecule has 1 saturated heterocycles. The number of rotatable bonds is 5. The van der Waals surface area contributed by atoms with Gasteiger partial charge in [-0.1, -0.05) is 46.3 Å². The Morgan fingerprint density at radius 1 is 1.20 bits per heavy atom. The maximum atomic E-state index is 12.0. The topological polar surface area (TPSA) is 52.6 Å². The summed E-state index contributed by atoms with van der Waals surface area (Å²) < 4.78 is 0.998. The van der Waals surface area contributed by atoms with Gasteiger partial charge in [0.1, 0.15) is 5.54 Å². The predicted octanol–water partition coefficient (Wildman–Crippen LogP) is 4.29. The van der Waals surface area contributed by atoms with Crippen molar-refractivity contribution in [3.8, 4) is 0 Å². The van der Waals surface area contributed by atoms with Crippen molar-refractivity contribution in [2.75, 3.05) is 18.4 Å². The molecule has 2 aromatic carbocycles. The average molecular weight is 403 g/mol. The molecular formula is C20H23BrN2O2. The Hall–Kier alpha value is -1.85. The Balaban J connectivity index is 1.69. The molecule has 0 unspecified atom stereocenters. The predicted molar refractivity (Wildman–Crippen MR) is 104 cm³/mol. The van der Waals surface area contributed by atoms with E-state index < -0.39 is 11.5 Å². The lowest BCUT2D eigenvalue weighted by molar-refractivity contribution is -0.144. The number of hydrogen-bond donors (Lipinski definition) is 2. The molecule has 0 saturated carbocycles. The molecular weight excluding hydrogens is 380 g/mol. The number of halogens is 1. The van der Waals surface area contributed by atoms with Crippen LogP contribution in [-0.2, 0) is 11.3 Å². The first-order chi connectivity index (χ1) is 12.0. The second kappa shape index (κ2) is 7.58. The highest BCUT2D eigenvalue weighted by Gasteiger charge is 2.41. The van der Waals surface area contributed by atoms with Gasteiger partial charge in [-0.3, -0.25) is 4.90 Å². The molecule has 1 aliphatic heterocycles. The molecule has 1 aliphatic rings. The highest BCUT2D eigenvalue weighted by molar-refractivity contribution is 9.10. The molecule has 0 aromatic heterocycles. The third-order valence-corrected chi connectivity index (χ3v) is 5.42. The van der Waals surface area contributed by atoms with Gasteiger partial charge in [0, 0.05) is 29.8 Å². The second-order valence-electron chi connectivity index (χ2n) is 6.73. The summed E-state index contributed by atoms with van der Waals surface area (Å²) in [6.07, 6.45) is 1.18. The summed E-state index contributed by atoms with van der Waals surface area (Å²) >= 11 is 3.45. The zero-order chi connectivity index (χ0) is 17.9. The molecule has 0 bridgehead atoms. The summed E-state index contributed by atoms with van der Waals surface area (Å²) in [6, 6.07) is 16.2. The van der Waals surface area contributed by atoms with E-state index in [2.05, 4.69) is 38.3 Å². The lowest BCUT2D eigenvalue weighted by Gasteiger charge is -2.40. The molecule has 1 fully saturated rings. The summed E-state index contributed by atoms with van der Waals surface area (Å²) in [6.45, 7) is 4.40. The van der Waals surface area contributed by atoms with E-state index >= 15 is 0 Å². The van der Waals surface area contributed by atoms with Crippen LogP contribution in [-0.4, -0.2) is 34.6 Å². The number of carboxylic acid groups (broad SMARTS) is 1. The van der Waals surface area contributed by atoms with E-state index in [0.717, 1.165) is 35.4 Å². The molecule has 0 atom stereocenters. The van der Waals surface area contributed by atoms with Crippen LogP contribution >= 0.6 is 15.9 Å². The minimum atomic E-state index is -0.897. The van der Waals surface area contributed by atoms with Crippen LogP contribution < -0.4 is 5.32 Å². The SMILES string of the molecule is Cc1cc(Br)ccc1NC1(C(=O)O)CCN(Cc2ccccc2)CC1. The van der Waals surface area contributed by atoms with Crippen molar-refractivity contribution in [1.29, 1.82) is 0 Å². The zero-order valence-electron chi connectivity index (χ0n) is 14.3. The summed E-state index contributed by atoms with van der Waals surface area (Å²) in [7, 11) is 0. The average Bonchev–Trinajstić information content (AvgIpc) is 2.60. The number of aryl methyl sites for hydroxylation is 1. The number of piperidine rings is 1. The maximum Gasteiger partial charge on any atom is 0.329 e. The van der Waals surface area contributed by atoms with Crippen LogP contribution in [0.25, 0.3) is 0 Å².